The lowest BCUT2D eigenvalue weighted by molar-refractivity contribution is 0.472. The number of allylic oxidation sites excluding steroid dienone is 2. The van der Waals surface area contributed by atoms with Crippen LogP contribution in [-0.2, 0) is 0 Å². The van der Waals surface area contributed by atoms with E-state index < -0.39 is 0 Å². The van der Waals surface area contributed by atoms with Gasteiger partial charge in [0.15, 0.2) is 0 Å². The minimum atomic E-state index is 0.0520. The summed E-state index contributed by atoms with van der Waals surface area (Å²) in [7, 11) is 0. The zero-order valence-corrected chi connectivity index (χ0v) is 9.44. The van der Waals surface area contributed by atoms with Gasteiger partial charge in [-0.1, -0.05) is 40.5 Å². The fourth-order valence-electron chi connectivity index (χ4n) is 1.47. The topological polar surface area (TPSA) is 0 Å². The third kappa shape index (κ3) is 5.84. The van der Waals surface area contributed by atoms with Gasteiger partial charge in [-0.25, -0.2) is 4.39 Å². The second-order valence-electron chi connectivity index (χ2n) is 4.04. The first-order valence-corrected chi connectivity index (χ1v) is 5.49. The van der Waals surface area contributed by atoms with E-state index >= 15 is 0 Å². The van der Waals surface area contributed by atoms with E-state index in [1.54, 1.807) is 0 Å². The summed E-state index contributed by atoms with van der Waals surface area (Å²) in [5.41, 5.74) is 0. The maximum atomic E-state index is 13.3. The molecule has 0 saturated heterocycles. The first-order valence-electron chi connectivity index (χ1n) is 5.49. The Kier molecular flexibility index (Phi) is 6.93. The van der Waals surface area contributed by atoms with E-state index in [-0.39, 0.29) is 11.7 Å². The van der Waals surface area contributed by atoms with E-state index in [9.17, 15) is 4.39 Å². The number of hydrogen-bond donors (Lipinski definition) is 0. The molecule has 0 N–H and O–H groups in total. The van der Waals surface area contributed by atoms with Gasteiger partial charge in [0, 0.05) is 5.92 Å². The van der Waals surface area contributed by atoms with Crippen LogP contribution in [0.4, 0.5) is 4.39 Å². The van der Waals surface area contributed by atoms with Gasteiger partial charge in [-0.05, 0) is 24.8 Å². The highest BCUT2D eigenvalue weighted by Crippen LogP contribution is 2.20. The molecule has 0 unspecified atom stereocenters. The molecular formula is C12H23F. The van der Waals surface area contributed by atoms with Crippen molar-refractivity contribution < 1.29 is 4.39 Å². The summed E-state index contributed by atoms with van der Waals surface area (Å²) >= 11 is 0. The summed E-state index contributed by atoms with van der Waals surface area (Å²) in [6.45, 7) is 8.12. The molecule has 0 atom stereocenters. The number of rotatable bonds is 6. The van der Waals surface area contributed by atoms with Crippen molar-refractivity contribution in [3.63, 3.8) is 0 Å². The van der Waals surface area contributed by atoms with E-state index in [1.807, 2.05) is 19.9 Å². The second kappa shape index (κ2) is 7.11. The van der Waals surface area contributed by atoms with Crippen LogP contribution in [0.1, 0.15) is 53.4 Å². The predicted molar refractivity (Wildman–Crippen MR) is 57.3 cm³/mol. The van der Waals surface area contributed by atoms with Crippen LogP contribution in [0.2, 0.25) is 0 Å². The molecule has 0 nitrogen and oxygen atoms in total. The van der Waals surface area contributed by atoms with Crippen LogP contribution in [0.5, 0.6) is 0 Å². The largest absolute Gasteiger partial charge is 0.212 e. The fraction of sp³-hybridized carbons (Fsp3) is 0.833. The van der Waals surface area contributed by atoms with Gasteiger partial charge < -0.3 is 0 Å². The molecule has 0 bridgehead atoms. The molecule has 13 heavy (non-hydrogen) atoms. The number of hydrogen-bond acceptors (Lipinski definition) is 0. The van der Waals surface area contributed by atoms with Crippen LogP contribution in [0.3, 0.4) is 0 Å². The van der Waals surface area contributed by atoms with Crippen molar-refractivity contribution >= 4 is 0 Å². The molecular weight excluding hydrogens is 163 g/mol. The highest BCUT2D eigenvalue weighted by molar-refractivity contribution is 4.98. The molecule has 0 aromatic carbocycles. The van der Waals surface area contributed by atoms with Crippen LogP contribution in [0.25, 0.3) is 0 Å². The van der Waals surface area contributed by atoms with Gasteiger partial charge in [0.25, 0.3) is 0 Å². The quantitative estimate of drug-likeness (QED) is 0.563. The maximum absolute atomic E-state index is 13.3. The molecule has 0 aliphatic carbocycles. The minimum Gasteiger partial charge on any atom is -0.212 e. The van der Waals surface area contributed by atoms with Crippen molar-refractivity contribution in [2.24, 2.45) is 11.8 Å². The highest BCUT2D eigenvalue weighted by Gasteiger charge is 2.07. The first kappa shape index (κ1) is 12.7. The maximum Gasteiger partial charge on any atom is 0.0987 e. The van der Waals surface area contributed by atoms with Crippen molar-refractivity contribution in [1.82, 2.24) is 0 Å². The molecule has 1 heteroatoms. The Hall–Kier alpha value is -0.330. The average Bonchev–Trinajstić information content (AvgIpc) is 2.05. The Labute approximate surface area is 82.2 Å². The van der Waals surface area contributed by atoms with Crippen LogP contribution >= 0.6 is 0 Å². The van der Waals surface area contributed by atoms with Gasteiger partial charge in [-0.15, -0.1) is 0 Å². The Balaban J connectivity index is 4.12. The standard InChI is InChI=1S/C12H23F/c1-5-7-11(8-6-2)9-12(13)10(3)4/h9-11H,5-8H2,1-4H3/b12-9-. The molecule has 0 aliphatic heterocycles. The lowest BCUT2D eigenvalue weighted by atomic mass is 9.96. The monoisotopic (exact) mass is 186 g/mol. The smallest absolute Gasteiger partial charge is 0.0987 e. The van der Waals surface area contributed by atoms with Crippen LogP contribution < -0.4 is 0 Å². The van der Waals surface area contributed by atoms with Crippen molar-refractivity contribution in [3.8, 4) is 0 Å². The van der Waals surface area contributed by atoms with E-state index in [2.05, 4.69) is 13.8 Å². The molecule has 0 radical (unpaired) electrons. The summed E-state index contributed by atoms with van der Waals surface area (Å²) < 4.78 is 13.3. The molecule has 0 aromatic heterocycles. The van der Waals surface area contributed by atoms with Crippen molar-refractivity contribution in [3.05, 3.63) is 11.9 Å². The van der Waals surface area contributed by atoms with E-state index in [1.165, 1.54) is 0 Å². The third-order valence-corrected chi connectivity index (χ3v) is 2.27. The Morgan fingerprint density at radius 1 is 1.15 bits per heavy atom. The van der Waals surface area contributed by atoms with E-state index in [0.717, 1.165) is 25.7 Å². The minimum absolute atomic E-state index is 0.0520. The Morgan fingerprint density at radius 3 is 1.92 bits per heavy atom. The lowest BCUT2D eigenvalue weighted by Crippen LogP contribution is -1.98. The predicted octanol–water partition coefficient (Wildman–Crippen LogP) is 4.71. The molecule has 0 amide bonds. The summed E-state index contributed by atoms with van der Waals surface area (Å²) in [6, 6.07) is 0. The summed E-state index contributed by atoms with van der Waals surface area (Å²) in [4.78, 5) is 0. The molecule has 0 rings (SSSR count). The van der Waals surface area contributed by atoms with Crippen molar-refractivity contribution in [2.75, 3.05) is 0 Å². The zero-order chi connectivity index (χ0) is 10.3. The normalized spacial score (nSPS) is 13.0. The Morgan fingerprint density at radius 2 is 1.62 bits per heavy atom. The van der Waals surface area contributed by atoms with Crippen LogP contribution in [0, 0.1) is 11.8 Å². The van der Waals surface area contributed by atoms with Crippen LogP contribution in [-0.4, -0.2) is 0 Å². The van der Waals surface area contributed by atoms with Gasteiger partial charge in [0.1, 0.15) is 0 Å². The fourth-order valence-corrected chi connectivity index (χ4v) is 1.47. The third-order valence-electron chi connectivity index (χ3n) is 2.27. The first-order chi connectivity index (χ1) is 6.11. The molecule has 0 aliphatic rings. The SMILES string of the molecule is CCCC(/C=C(\F)C(C)C)CCC. The number of halogens is 1. The van der Waals surface area contributed by atoms with Gasteiger partial charge in [-0.2, -0.15) is 0 Å². The zero-order valence-electron chi connectivity index (χ0n) is 9.44. The molecule has 0 spiro atoms. The highest BCUT2D eigenvalue weighted by atomic mass is 19.1. The molecule has 0 aromatic rings. The molecule has 0 saturated carbocycles. The molecule has 78 valence electrons. The van der Waals surface area contributed by atoms with Crippen LogP contribution in [0.15, 0.2) is 11.9 Å². The molecule has 0 heterocycles. The van der Waals surface area contributed by atoms with E-state index in [4.69, 9.17) is 0 Å². The van der Waals surface area contributed by atoms with Gasteiger partial charge >= 0.3 is 0 Å². The van der Waals surface area contributed by atoms with Crippen molar-refractivity contribution in [2.45, 2.75) is 53.4 Å². The second-order valence-corrected chi connectivity index (χ2v) is 4.04. The lowest BCUT2D eigenvalue weighted by Gasteiger charge is -2.11. The summed E-state index contributed by atoms with van der Waals surface area (Å²) in [5, 5.41) is 0. The summed E-state index contributed by atoms with van der Waals surface area (Å²) in [6.07, 6.45) is 6.36. The van der Waals surface area contributed by atoms with E-state index in [0.29, 0.717) is 5.92 Å². The Bertz CT molecular complexity index is 141. The van der Waals surface area contributed by atoms with Gasteiger partial charge in [0.05, 0.1) is 5.83 Å². The van der Waals surface area contributed by atoms with Crippen molar-refractivity contribution in [1.29, 1.82) is 0 Å². The summed E-state index contributed by atoms with van der Waals surface area (Å²) in [5.74, 6) is 0.570. The molecule has 0 fully saturated rings. The van der Waals surface area contributed by atoms with Gasteiger partial charge in [-0.3, -0.25) is 0 Å². The average molecular weight is 186 g/mol. The van der Waals surface area contributed by atoms with Gasteiger partial charge in [0.2, 0.25) is 0 Å².